The van der Waals surface area contributed by atoms with Gasteiger partial charge in [-0.05, 0) is 30.3 Å². The molecule has 0 saturated heterocycles. The van der Waals surface area contributed by atoms with E-state index in [2.05, 4.69) is 9.97 Å². The largest absolute Gasteiger partial charge is 0.478 e. The average molecular weight is 256 g/mol. The lowest BCUT2D eigenvalue weighted by atomic mass is 10.1. The van der Waals surface area contributed by atoms with E-state index >= 15 is 0 Å². The molecule has 0 radical (unpaired) electrons. The summed E-state index contributed by atoms with van der Waals surface area (Å²) in [5.41, 5.74) is 2.11. The molecule has 4 nitrogen and oxygen atoms in total. The third-order valence-corrected chi connectivity index (χ3v) is 2.93. The van der Waals surface area contributed by atoms with Crippen molar-refractivity contribution in [3.63, 3.8) is 0 Å². The zero-order valence-corrected chi connectivity index (χ0v) is 9.72. The van der Waals surface area contributed by atoms with Crippen LogP contribution in [0, 0.1) is 5.82 Å². The van der Waals surface area contributed by atoms with E-state index in [9.17, 15) is 9.18 Å². The number of pyridine rings is 1. The van der Waals surface area contributed by atoms with Crippen molar-refractivity contribution in [2.75, 3.05) is 0 Å². The van der Waals surface area contributed by atoms with Crippen LogP contribution in [0.25, 0.3) is 22.2 Å². The fourth-order valence-electron chi connectivity index (χ4n) is 2.02. The van der Waals surface area contributed by atoms with Gasteiger partial charge in [0.25, 0.3) is 0 Å². The third-order valence-electron chi connectivity index (χ3n) is 2.93. The Hall–Kier alpha value is -2.69. The van der Waals surface area contributed by atoms with Gasteiger partial charge in [-0.2, -0.15) is 0 Å². The van der Waals surface area contributed by atoms with Crippen molar-refractivity contribution in [2.24, 2.45) is 0 Å². The monoisotopic (exact) mass is 256 g/mol. The zero-order chi connectivity index (χ0) is 13.4. The van der Waals surface area contributed by atoms with Crippen LogP contribution in [0.5, 0.6) is 0 Å². The Morgan fingerprint density at radius 2 is 2.11 bits per heavy atom. The lowest BCUT2D eigenvalue weighted by Crippen LogP contribution is -1.97. The molecule has 1 aromatic carbocycles. The van der Waals surface area contributed by atoms with Crippen LogP contribution in [0.4, 0.5) is 4.39 Å². The molecule has 0 fully saturated rings. The first-order chi connectivity index (χ1) is 9.15. The molecule has 19 heavy (non-hydrogen) atoms. The Morgan fingerprint density at radius 1 is 1.26 bits per heavy atom. The molecule has 0 unspecified atom stereocenters. The van der Waals surface area contributed by atoms with Gasteiger partial charge < -0.3 is 10.1 Å². The van der Waals surface area contributed by atoms with E-state index < -0.39 is 5.97 Å². The number of nitrogens with one attached hydrogen (secondary N) is 1. The highest BCUT2D eigenvalue weighted by Crippen LogP contribution is 2.28. The maximum Gasteiger partial charge on any atom is 0.335 e. The van der Waals surface area contributed by atoms with E-state index in [1.165, 1.54) is 30.5 Å². The van der Waals surface area contributed by atoms with Crippen LogP contribution in [0.3, 0.4) is 0 Å². The van der Waals surface area contributed by atoms with Crippen LogP contribution in [0.15, 0.2) is 42.7 Å². The first-order valence-electron chi connectivity index (χ1n) is 5.61. The van der Waals surface area contributed by atoms with Gasteiger partial charge in [0.15, 0.2) is 0 Å². The van der Waals surface area contributed by atoms with Gasteiger partial charge in [-0.3, -0.25) is 4.98 Å². The summed E-state index contributed by atoms with van der Waals surface area (Å²) in [6.07, 6.45) is 3.14. The van der Waals surface area contributed by atoms with Crippen LogP contribution in [-0.2, 0) is 0 Å². The van der Waals surface area contributed by atoms with Gasteiger partial charge in [-0.25, -0.2) is 9.18 Å². The number of hydrogen-bond donors (Lipinski definition) is 2. The van der Waals surface area contributed by atoms with Crippen LogP contribution in [0.2, 0.25) is 0 Å². The number of H-pyrrole nitrogens is 1. The predicted octanol–water partition coefficient (Wildman–Crippen LogP) is 3.07. The molecule has 94 valence electrons. The molecule has 2 heterocycles. The highest BCUT2D eigenvalue weighted by atomic mass is 19.1. The Morgan fingerprint density at radius 3 is 2.89 bits per heavy atom. The Balaban J connectivity index is 2.19. The lowest BCUT2D eigenvalue weighted by molar-refractivity contribution is 0.0697. The van der Waals surface area contributed by atoms with Crippen molar-refractivity contribution >= 4 is 16.9 Å². The number of aromatic carboxylic acids is 1. The van der Waals surface area contributed by atoms with Gasteiger partial charge in [0, 0.05) is 28.9 Å². The summed E-state index contributed by atoms with van der Waals surface area (Å²) >= 11 is 0. The second-order valence-electron chi connectivity index (χ2n) is 4.13. The quantitative estimate of drug-likeness (QED) is 0.740. The van der Waals surface area contributed by atoms with Crippen molar-refractivity contribution in [1.82, 2.24) is 9.97 Å². The van der Waals surface area contributed by atoms with Crippen LogP contribution in [0.1, 0.15) is 10.4 Å². The van der Waals surface area contributed by atoms with E-state index in [1.54, 1.807) is 12.3 Å². The minimum Gasteiger partial charge on any atom is -0.478 e. The number of aromatic nitrogens is 2. The van der Waals surface area contributed by atoms with E-state index in [-0.39, 0.29) is 11.4 Å². The predicted molar refractivity (Wildman–Crippen MR) is 68.4 cm³/mol. The van der Waals surface area contributed by atoms with Crippen LogP contribution < -0.4 is 0 Å². The summed E-state index contributed by atoms with van der Waals surface area (Å²) in [5.74, 6) is -1.33. The number of aromatic amines is 1. The molecule has 3 rings (SSSR count). The maximum atomic E-state index is 13.1. The molecule has 3 aromatic rings. The molecule has 5 heteroatoms. The molecule has 0 aliphatic heterocycles. The SMILES string of the molecule is O=C(O)c1ccnc(-c2c[nH]c3cc(F)ccc23)c1. The second-order valence-corrected chi connectivity index (χ2v) is 4.13. The van der Waals surface area contributed by atoms with Crippen molar-refractivity contribution in [3.8, 4) is 11.3 Å². The van der Waals surface area contributed by atoms with Gasteiger partial charge in [0.2, 0.25) is 0 Å². The summed E-state index contributed by atoms with van der Waals surface area (Å²) in [6, 6.07) is 7.32. The fraction of sp³-hybridized carbons (Fsp3) is 0. The van der Waals surface area contributed by atoms with E-state index in [4.69, 9.17) is 5.11 Å². The number of carboxylic acid groups (broad SMARTS) is 1. The number of carboxylic acids is 1. The van der Waals surface area contributed by atoms with E-state index in [1.807, 2.05) is 0 Å². The molecular formula is C14H9FN2O2. The molecular weight excluding hydrogens is 247 g/mol. The van der Waals surface area contributed by atoms with Crippen LogP contribution >= 0.6 is 0 Å². The molecule has 0 bridgehead atoms. The molecule has 0 atom stereocenters. The minimum atomic E-state index is -1.01. The second kappa shape index (κ2) is 4.20. The number of fused-ring (bicyclic) bond motifs is 1. The van der Waals surface area contributed by atoms with Gasteiger partial charge >= 0.3 is 5.97 Å². The first-order valence-corrected chi connectivity index (χ1v) is 5.61. The molecule has 2 N–H and O–H groups in total. The first kappa shape index (κ1) is 11.4. The molecule has 0 spiro atoms. The topological polar surface area (TPSA) is 66.0 Å². The number of benzene rings is 1. The summed E-state index contributed by atoms with van der Waals surface area (Å²) < 4.78 is 13.1. The van der Waals surface area contributed by atoms with Gasteiger partial charge in [0.05, 0.1) is 11.3 Å². The van der Waals surface area contributed by atoms with Crippen LogP contribution in [-0.4, -0.2) is 21.0 Å². The van der Waals surface area contributed by atoms with E-state index in [0.29, 0.717) is 11.2 Å². The molecule has 0 aliphatic rings. The van der Waals surface area contributed by atoms with Crippen molar-refractivity contribution in [2.45, 2.75) is 0 Å². The molecule has 0 aliphatic carbocycles. The lowest BCUT2D eigenvalue weighted by Gasteiger charge is -2.00. The Bertz CT molecular complexity index is 780. The third kappa shape index (κ3) is 1.95. The number of halogens is 1. The molecule has 0 amide bonds. The number of rotatable bonds is 2. The highest BCUT2D eigenvalue weighted by Gasteiger charge is 2.10. The minimum absolute atomic E-state index is 0.168. The normalized spacial score (nSPS) is 10.8. The zero-order valence-electron chi connectivity index (χ0n) is 9.72. The summed E-state index contributed by atoms with van der Waals surface area (Å²) in [7, 11) is 0. The van der Waals surface area contributed by atoms with Crippen molar-refractivity contribution < 1.29 is 14.3 Å². The fourth-order valence-corrected chi connectivity index (χ4v) is 2.02. The maximum absolute atomic E-state index is 13.1. The Labute approximate surface area is 107 Å². The van der Waals surface area contributed by atoms with E-state index in [0.717, 1.165) is 10.9 Å². The molecule has 0 saturated carbocycles. The van der Waals surface area contributed by atoms with Crippen molar-refractivity contribution in [3.05, 3.63) is 54.1 Å². The van der Waals surface area contributed by atoms with Crippen molar-refractivity contribution in [1.29, 1.82) is 0 Å². The van der Waals surface area contributed by atoms with Gasteiger partial charge in [0.1, 0.15) is 5.82 Å². The number of hydrogen-bond acceptors (Lipinski definition) is 2. The smallest absolute Gasteiger partial charge is 0.335 e. The molecule has 2 aromatic heterocycles. The average Bonchev–Trinajstić information content (AvgIpc) is 2.81. The van der Waals surface area contributed by atoms with Gasteiger partial charge in [-0.15, -0.1) is 0 Å². The standard InChI is InChI=1S/C14H9FN2O2/c15-9-1-2-10-11(7-17-13(10)6-9)12-5-8(14(18)19)3-4-16-12/h1-7,17H,(H,18,19). The highest BCUT2D eigenvalue weighted by molar-refractivity contribution is 5.96. The number of carbonyl (C=O) groups is 1. The Kier molecular flexibility index (Phi) is 2.52. The summed E-state index contributed by atoms with van der Waals surface area (Å²) in [6.45, 7) is 0. The van der Waals surface area contributed by atoms with Gasteiger partial charge in [-0.1, -0.05) is 0 Å². The summed E-state index contributed by atoms with van der Waals surface area (Å²) in [5, 5.41) is 9.77. The number of nitrogens with zero attached hydrogens (tertiary/aromatic N) is 1. The summed E-state index contributed by atoms with van der Waals surface area (Å²) in [4.78, 5) is 18.1.